The molecule has 0 aromatic heterocycles. The van der Waals surface area contributed by atoms with E-state index in [0.29, 0.717) is 6.42 Å². The van der Waals surface area contributed by atoms with Gasteiger partial charge in [0.15, 0.2) is 0 Å². The van der Waals surface area contributed by atoms with E-state index in [1.54, 1.807) is 0 Å². The van der Waals surface area contributed by atoms with E-state index in [-0.39, 0.29) is 11.2 Å². The molecule has 1 unspecified atom stereocenters. The van der Waals surface area contributed by atoms with Crippen LogP contribution in [0, 0.1) is 6.92 Å². The first-order chi connectivity index (χ1) is 8.93. The molecule has 1 atom stereocenters. The van der Waals surface area contributed by atoms with Crippen LogP contribution in [0.25, 0.3) is 0 Å². The van der Waals surface area contributed by atoms with Gasteiger partial charge in [-0.3, -0.25) is 4.79 Å². The van der Waals surface area contributed by atoms with Gasteiger partial charge in [-0.2, -0.15) is 0 Å². The maximum absolute atomic E-state index is 11.8. The lowest BCUT2D eigenvalue weighted by atomic mass is 10.1. The number of carbonyl (C=O) groups excluding carboxylic acids is 1. The first-order valence-corrected chi connectivity index (χ1v) is 6.96. The predicted octanol–water partition coefficient (Wildman–Crippen LogP) is 4.15. The Morgan fingerprint density at radius 1 is 1.42 bits per heavy atom. The van der Waals surface area contributed by atoms with Gasteiger partial charge in [0.2, 0.25) is 0 Å². The first kappa shape index (κ1) is 15.6. The molecule has 1 aromatic rings. The van der Waals surface area contributed by atoms with Crippen molar-refractivity contribution >= 4 is 17.7 Å². The van der Waals surface area contributed by atoms with Gasteiger partial charge in [0.25, 0.3) is 0 Å². The highest BCUT2D eigenvalue weighted by Gasteiger charge is 2.21. The van der Waals surface area contributed by atoms with Gasteiger partial charge in [-0.1, -0.05) is 42.0 Å². The number of carbonyl (C=O) groups is 1. The lowest BCUT2D eigenvalue weighted by Crippen LogP contribution is -2.19. The van der Waals surface area contributed by atoms with E-state index >= 15 is 0 Å². The number of benzene rings is 1. The second kappa shape index (κ2) is 7.19. The zero-order valence-corrected chi connectivity index (χ0v) is 12.5. The summed E-state index contributed by atoms with van der Waals surface area (Å²) in [4.78, 5) is 12.9. The molecule has 102 valence electrons. The quantitative estimate of drug-likeness (QED) is 0.443. The minimum Gasteiger partial charge on any atom is -0.468 e. The molecule has 3 heteroatoms. The highest BCUT2D eigenvalue weighted by atomic mass is 32.2. The van der Waals surface area contributed by atoms with Gasteiger partial charge >= 0.3 is 5.97 Å². The highest BCUT2D eigenvalue weighted by molar-refractivity contribution is 8.00. The van der Waals surface area contributed by atoms with Crippen LogP contribution in [0.3, 0.4) is 0 Å². The van der Waals surface area contributed by atoms with Crippen LogP contribution in [0.5, 0.6) is 0 Å². The van der Waals surface area contributed by atoms with E-state index in [1.807, 2.05) is 32.0 Å². The number of thioether (sulfide) groups is 1. The molecule has 1 rings (SSSR count). The number of hydrogen-bond acceptors (Lipinski definition) is 3. The molecule has 0 radical (unpaired) electrons. The number of esters is 1. The van der Waals surface area contributed by atoms with Crippen molar-refractivity contribution in [1.82, 2.24) is 0 Å². The van der Waals surface area contributed by atoms with Crippen molar-refractivity contribution < 1.29 is 9.53 Å². The Morgan fingerprint density at radius 3 is 2.63 bits per heavy atom. The summed E-state index contributed by atoms with van der Waals surface area (Å²) in [6.07, 6.45) is 0.556. The predicted molar refractivity (Wildman–Crippen MR) is 81.4 cm³/mol. The second-order valence-corrected chi connectivity index (χ2v) is 5.81. The summed E-state index contributed by atoms with van der Waals surface area (Å²) < 4.78 is 4.86. The maximum atomic E-state index is 11.8. The summed E-state index contributed by atoms with van der Waals surface area (Å²) in [5.41, 5.74) is 2.96. The Hall–Kier alpha value is -1.48. The number of allylic oxidation sites excluding steroid dienone is 2. The molecule has 2 nitrogen and oxygen atoms in total. The molecule has 0 aliphatic carbocycles. The number of hydrogen-bond donors (Lipinski definition) is 0. The molecule has 0 aliphatic rings. The van der Waals surface area contributed by atoms with Gasteiger partial charge in [-0.15, -0.1) is 11.8 Å². The van der Waals surface area contributed by atoms with Crippen molar-refractivity contribution in [3.05, 3.63) is 54.1 Å². The molecular weight excluding hydrogens is 256 g/mol. The first-order valence-electron chi connectivity index (χ1n) is 6.09. The molecule has 0 N–H and O–H groups in total. The van der Waals surface area contributed by atoms with Crippen LogP contribution in [-0.2, 0) is 9.53 Å². The lowest BCUT2D eigenvalue weighted by Gasteiger charge is -2.16. The van der Waals surface area contributed by atoms with Crippen molar-refractivity contribution in [3.8, 4) is 0 Å². The van der Waals surface area contributed by atoms with Crippen LogP contribution in [0.2, 0.25) is 0 Å². The van der Waals surface area contributed by atoms with E-state index < -0.39 is 0 Å². The molecule has 0 spiro atoms. The molecule has 0 saturated heterocycles. The minimum absolute atomic E-state index is 0.228. The summed E-state index contributed by atoms with van der Waals surface area (Å²) in [7, 11) is 1.41. The van der Waals surface area contributed by atoms with Gasteiger partial charge in [0.05, 0.1) is 7.11 Å². The van der Waals surface area contributed by atoms with Crippen molar-refractivity contribution in [1.29, 1.82) is 0 Å². The number of aryl methyl sites for hydroxylation is 1. The van der Waals surface area contributed by atoms with Gasteiger partial charge in [-0.25, -0.2) is 0 Å². The summed E-state index contributed by atoms with van der Waals surface area (Å²) in [6, 6.07) is 8.07. The molecule has 0 amide bonds. The smallest absolute Gasteiger partial charge is 0.319 e. The Kier molecular flexibility index (Phi) is 5.90. The van der Waals surface area contributed by atoms with Gasteiger partial charge < -0.3 is 4.74 Å². The van der Waals surface area contributed by atoms with Crippen LogP contribution in [0.4, 0.5) is 0 Å². The van der Waals surface area contributed by atoms with E-state index in [2.05, 4.69) is 19.2 Å². The van der Waals surface area contributed by atoms with Crippen LogP contribution in [0.1, 0.15) is 18.9 Å². The summed E-state index contributed by atoms with van der Waals surface area (Å²) in [5.74, 6) is -0.228. The lowest BCUT2D eigenvalue weighted by molar-refractivity contribution is -0.139. The Morgan fingerprint density at radius 2 is 2.11 bits per heavy atom. The van der Waals surface area contributed by atoms with Crippen molar-refractivity contribution in [2.24, 2.45) is 0 Å². The third-order valence-corrected chi connectivity index (χ3v) is 3.94. The van der Waals surface area contributed by atoms with E-state index in [4.69, 9.17) is 4.74 Å². The third kappa shape index (κ3) is 4.95. The fourth-order valence-corrected chi connectivity index (χ4v) is 2.77. The van der Waals surface area contributed by atoms with Gasteiger partial charge in [-0.05, 0) is 32.4 Å². The Bertz CT molecular complexity index is 491. The average molecular weight is 276 g/mol. The molecule has 0 saturated carbocycles. The van der Waals surface area contributed by atoms with Crippen LogP contribution >= 0.6 is 11.8 Å². The standard InChI is InChI=1S/C16H20O2S/c1-11(2)13(4)10-15(16(17)18-5)19-14-8-6-7-12(3)9-14/h6-9,15H,1,4,10H2,2-3,5H3. The molecule has 0 bridgehead atoms. The van der Waals surface area contributed by atoms with Crippen molar-refractivity contribution in [2.75, 3.05) is 7.11 Å². The SMILES string of the molecule is C=C(C)C(=C)CC(Sc1cccc(C)c1)C(=O)OC. The monoisotopic (exact) mass is 276 g/mol. The Balaban J connectivity index is 2.83. The van der Waals surface area contributed by atoms with E-state index in [9.17, 15) is 4.79 Å². The largest absolute Gasteiger partial charge is 0.468 e. The number of methoxy groups -OCH3 is 1. The van der Waals surface area contributed by atoms with Crippen molar-refractivity contribution in [3.63, 3.8) is 0 Å². The Labute approximate surface area is 119 Å². The summed E-state index contributed by atoms with van der Waals surface area (Å²) in [5, 5.41) is -0.281. The fraction of sp³-hybridized carbons (Fsp3) is 0.312. The number of ether oxygens (including phenoxy) is 1. The molecular formula is C16H20O2S. The minimum atomic E-state index is -0.281. The van der Waals surface area contributed by atoms with Gasteiger partial charge in [0.1, 0.15) is 5.25 Å². The average Bonchev–Trinajstić information content (AvgIpc) is 2.36. The highest BCUT2D eigenvalue weighted by Crippen LogP contribution is 2.30. The van der Waals surface area contributed by atoms with Crippen molar-refractivity contribution in [2.45, 2.75) is 30.4 Å². The molecule has 19 heavy (non-hydrogen) atoms. The van der Waals surface area contributed by atoms with E-state index in [1.165, 1.54) is 24.4 Å². The molecule has 1 aromatic carbocycles. The number of rotatable bonds is 6. The summed E-state index contributed by atoms with van der Waals surface area (Å²) in [6.45, 7) is 11.7. The zero-order chi connectivity index (χ0) is 14.4. The third-order valence-electron chi connectivity index (χ3n) is 2.77. The molecule has 0 fully saturated rings. The maximum Gasteiger partial charge on any atom is 0.319 e. The molecule has 0 aliphatic heterocycles. The van der Waals surface area contributed by atoms with E-state index in [0.717, 1.165) is 16.0 Å². The van der Waals surface area contributed by atoms with Crippen LogP contribution in [-0.4, -0.2) is 18.3 Å². The molecule has 0 heterocycles. The normalized spacial score (nSPS) is 11.7. The fourth-order valence-electron chi connectivity index (χ4n) is 1.56. The zero-order valence-electron chi connectivity index (χ0n) is 11.7. The topological polar surface area (TPSA) is 26.3 Å². The second-order valence-electron chi connectivity index (χ2n) is 4.53. The van der Waals surface area contributed by atoms with Crippen LogP contribution < -0.4 is 0 Å². The summed E-state index contributed by atoms with van der Waals surface area (Å²) >= 11 is 1.50. The van der Waals surface area contributed by atoms with Crippen LogP contribution in [0.15, 0.2) is 53.5 Å². The van der Waals surface area contributed by atoms with Gasteiger partial charge in [0, 0.05) is 4.90 Å².